The van der Waals surface area contributed by atoms with Crippen LogP contribution in [0, 0.1) is 23.2 Å². The van der Waals surface area contributed by atoms with E-state index in [9.17, 15) is 15.3 Å². The van der Waals surface area contributed by atoms with Crippen LogP contribution in [0.3, 0.4) is 0 Å². The second-order valence-electron chi connectivity index (χ2n) is 11.3. The van der Waals surface area contributed by atoms with Crippen molar-refractivity contribution in [1.82, 2.24) is 0 Å². The van der Waals surface area contributed by atoms with E-state index in [-0.39, 0.29) is 0 Å². The van der Waals surface area contributed by atoms with Gasteiger partial charge in [0.25, 0.3) is 0 Å². The average molecular weight is 417 g/mol. The third-order valence-corrected chi connectivity index (χ3v) is 8.44. The molecule has 0 aliphatic heterocycles. The molecular formula is C27H44O3. The fourth-order valence-corrected chi connectivity index (χ4v) is 6.58. The Balaban J connectivity index is 1.68. The summed E-state index contributed by atoms with van der Waals surface area (Å²) in [5, 5.41) is 30.3. The highest BCUT2D eigenvalue weighted by Gasteiger charge is 2.49. The fraction of sp³-hybridized carbons (Fsp3) is 0.778. The predicted octanol–water partition coefficient (Wildman–Crippen LogP) is 5.70. The Morgan fingerprint density at radius 3 is 2.67 bits per heavy atom. The van der Waals surface area contributed by atoms with Crippen molar-refractivity contribution in [3.63, 3.8) is 0 Å². The van der Waals surface area contributed by atoms with Gasteiger partial charge in [-0.3, -0.25) is 0 Å². The molecule has 170 valence electrons. The molecule has 0 amide bonds. The first-order chi connectivity index (χ1) is 14.0. The lowest BCUT2D eigenvalue weighted by Crippen LogP contribution is -2.35. The van der Waals surface area contributed by atoms with E-state index < -0.39 is 17.8 Å². The zero-order chi connectivity index (χ0) is 22.1. The topological polar surface area (TPSA) is 60.7 Å². The van der Waals surface area contributed by atoms with Gasteiger partial charge in [-0.2, -0.15) is 0 Å². The molecule has 3 aliphatic carbocycles. The summed E-state index contributed by atoms with van der Waals surface area (Å²) in [6, 6.07) is 0. The van der Waals surface area contributed by atoms with E-state index in [0.29, 0.717) is 30.1 Å². The van der Waals surface area contributed by atoms with Gasteiger partial charge in [0.05, 0.1) is 17.8 Å². The van der Waals surface area contributed by atoms with E-state index in [0.717, 1.165) is 36.3 Å². The quantitative estimate of drug-likeness (QED) is 0.498. The van der Waals surface area contributed by atoms with Crippen LogP contribution in [0.1, 0.15) is 92.4 Å². The normalized spacial score (nSPS) is 36.2. The first kappa shape index (κ1) is 23.8. The monoisotopic (exact) mass is 416 g/mol. The highest BCUT2D eigenvalue weighted by atomic mass is 16.3. The Morgan fingerprint density at radius 2 is 1.97 bits per heavy atom. The van der Waals surface area contributed by atoms with Crippen molar-refractivity contribution < 1.29 is 15.3 Å². The van der Waals surface area contributed by atoms with Gasteiger partial charge in [-0.1, -0.05) is 44.9 Å². The highest BCUT2D eigenvalue weighted by molar-refractivity contribution is 5.37. The zero-order valence-corrected chi connectivity index (χ0v) is 19.8. The number of rotatable bonds is 7. The van der Waals surface area contributed by atoms with Crippen LogP contribution in [0.25, 0.3) is 0 Å². The summed E-state index contributed by atoms with van der Waals surface area (Å²) in [5.41, 5.74) is 3.38. The molecule has 30 heavy (non-hydrogen) atoms. The molecule has 0 heterocycles. The number of aliphatic hydroxyl groups excluding tert-OH is 2. The van der Waals surface area contributed by atoms with Crippen molar-refractivity contribution in [1.29, 1.82) is 0 Å². The van der Waals surface area contributed by atoms with Crippen LogP contribution in [-0.4, -0.2) is 33.1 Å². The van der Waals surface area contributed by atoms with Gasteiger partial charge in [-0.05, 0) is 99.2 Å². The van der Waals surface area contributed by atoms with Gasteiger partial charge in [0.15, 0.2) is 0 Å². The Bertz CT molecular complexity index is 695. The molecule has 3 N–H and O–H groups in total. The summed E-state index contributed by atoms with van der Waals surface area (Å²) in [6.07, 6.45) is 15.2. The third-order valence-electron chi connectivity index (χ3n) is 8.44. The maximum Gasteiger partial charge on any atom is 0.0777 e. The second-order valence-corrected chi connectivity index (χ2v) is 11.3. The lowest BCUT2D eigenvalue weighted by molar-refractivity contribution is 0.0613. The lowest BCUT2D eigenvalue weighted by Gasteiger charge is -2.43. The van der Waals surface area contributed by atoms with Gasteiger partial charge in [0.2, 0.25) is 0 Å². The SMILES string of the molecule is CC1=C(/C=C/C2=CCC[C@@]3(C)[C@@H]2CC[C@@H]3[C@H](C)CCCC(C)(C)O)C[C@@H](O)C[C@@H]1O. The molecule has 0 aromatic rings. The Hall–Kier alpha value is -0.900. The van der Waals surface area contributed by atoms with Crippen molar-refractivity contribution in [2.45, 2.75) is 110 Å². The van der Waals surface area contributed by atoms with Gasteiger partial charge in [-0.15, -0.1) is 0 Å². The van der Waals surface area contributed by atoms with Crippen molar-refractivity contribution in [2.24, 2.45) is 23.2 Å². The molecule has 0 radical (unpaired) electrons. The standard InChI is InChI=1S/C27H44O3/c1-18(8-6-14-26(3,4)30)23-12-13-24-20(9-7-15-27(23,24)5)10-11-21-16-22(28)17-25(29)19(21)2/h9-11,18,22-25,28-30H,6-8,12-17H2,1-5H3/b11-10+/t18-,22-,23-,24-,25+,27-/m1/s1. The smallest absolute Gasteiger partial charge is 0.0777 e. The third kappa shape index (κ3) is 5.29. The molecule has 1 saturated carbocycles. The van der Waals surface area contributed by atoms with Gasteiger partial charge in [0, 0.05) is 6.42 Å². The van der Waals surface area contributed by atoms with E-state index in [1.165, 1.54) is 31.3 Å². The summed E-state index contributed by atoms with van der Waals surface area (Å²) >= 11 is 0. The van der Waals surface area contributed by atoms with Crippen molar-refractivity contribution in [3.8, 4) is 0 Å². The number of fused-ring (bicyclic) bond motifs is 1. The summed E-state index contributed by atoms with van der Waals surface area (Å²) in [7, 11) is 0. The predicted molar refractivity (Wildman–Crippen MR) is 124 cm³/mol. The van der Waals surface area contributed by atoms with E-state index >= 15 is 0 Å². The Labute approximate surface area is 184 Å². The molecule has 0 spiro atoms. The summed E-state index contributed by atoms with van der Waals surface area (Å²) in [5.74, 6) is 2.06. The fourth-order valence-electron chi connectivity index (χ4n) is 6.58. The van der Waals surface area contributed by atoms with Crippen LogP contribution in [-0.2, 0) is 0 Å². The largest absolute Gasteiger partial charge is 0.393 e. The van der Waals surface area contributed by atoms with Crippen LogP contribution >= 0.6 is 0 Å². The van der Waals surface area contributed by atoms with Crippen LogP contribution in [0.15, 0.2) is 34.9 Å². The molecule has 1 fully saturated rings. The van der Waals surface area contributed by atoms with Gasteiger partial charge in [0.1, 0.15) is 0 Å². The van der Waals surface area contributed by atoms with Crippen molar-refractivity contribution in [2.75, 3.05) is 0 Å². The Morgan fingerprint density at radius 1 is 1.23 bits per heavy atom. The maximum atomic E-state index is 10.2. The van der Waals surface area contributed by atoms with E-state index in [2.05, 4.69) is 32.1 Å². The Kier molecular flexibility index (Phi) is 7.37. The van der Waals surface area contributed by atoms with Gasteiger partial charge < -0.3 is 15.3 Å². The van der Waals surface area contributed by atoms with Crippen molar-refractivity contribution >= 4 is 0 Å². The van der Waals surface area contributed by atoms with E-state index in [1.807, 2.05) is 20.8 Å². The summed E-state index contributed by atoms with van der Waals surface area (Å²) < 4.78 is 0. The molecule has 0 unspecified atom stereocenters. The minimum atomic E-state index is -0.555. The molecule has 0 saturated heterocycles. The number of aliphatic hydroxyl groups is 3. The molecular weight excluding hydrogens is 372 g/mol. The first-order valence-corrected chi connectivity index (χ1v) is 12.2. The van der Waals surface area contributed by atoms with Crippen molar-refractivity contribution in [3.05, 3.63) is 34.9 Å². The molecule has 3 aliphatic rings. The van der Waals surface area contributed by atoms with Gasteiger partial charge >= 0.3 is 0 Å². The number of allylic oxidation sites excluding steroid dienone is 4. The minimum absolute atomic E-state index is 0.359. The van der Waals surface area contributed by atoms with Crippen LogP contribution in [0.4, 0.5) is 0 Å². The van der Waals surface area contributed by atoms with Crippen LogP contribution in [0.5, 0.6) is 0 Å². The summed E-state index contributed by atoms with van der Waals surface area (Å²) in [6.45, 7) is 10.8. The lowest BCUT2D eigenvalue weighted by atomic mass is 9.62. The first-order valence-electron chi connectivity index (χ1n) is 12.2. The minimum Gasteiger partial charge on any atom is -0.393 e. The second kappa shape index (κ2) is 9.30. The van der Waals surface area contributed by atoms with E-state index in [4.69, 9.17) is 0 Å². The number of hydrogen-bond acceptors (Lipinski definition) is 3. The molecule has 0 bridgehead atoms. The van der Waals surface area contributed by atoms with E-state index in [1.54, 1.807) is 0 Å². The number of hydrogen-bond donors (Lipinski definition) is 3. The van der Waals surface area contributed by atoms with Crippen LogP contribution in [0.2, 0.25) is 0 Å². The van der Waals surface area contributed by atoms with Gasteiger partial charge in [-0.25, -0.2) is 0 Å². The molecule has 6 atom stereocenters. The molecule has 0 aromatic carbocycles. The highest BCUT2D eigenvalue weighted by Crippen LogP contribution is 2.58. The molecule has 3 heteroatoms. The van der Waals surface area contributed by atoms with Crippen LogP contribution < -0.4 is 0 Å². The average Bonchev–Trinajstić information content (AvgIpc) is 3.00. The molecule has 3 rings (SSSR count). The summed E-state index contributed by atoms with van der Waals surface area (Å²) in [4.78, 5) is 0. The molecule has 3 nitrogen and oxygen atoms in total. The maximum absolute atomic E-state index is 10.2. The zero-order valence-electron chi connectivity index (χ0n) is 19.8. The molecule has 0 aromatic heterocycles.